The average molecular weight is 359 g/mol. The third kappa shape index (κ3) is 3.37. The number of nitrogens with zero attached hydrogens (tertiary/aromatic N) is 2. The molecule has 6 nitrogen and oxygen atoms in total. The topological polar surface area (TPSA) is 90.3 Å². The van der Waals surface area contributed by atoms with Gasteiger partial charge in [-0.1, -0.05) is 42.5 Å². The van der Waals surface area contributed by atoms with Crippen molar-refractivity contribution < 1.29 is 14.4 Å². The third-order valence-corrected chi connectivity index (χ3v) is 4.93. The van der Waals surface area contributed by atoms with Crippen molar-refractivity contribution in [1.29, 1.82) is 5.26 Å². The summed E-state index contributed by atoms with van der Waals surface area (Å²) in [4.78, 5) is 30.7. The molecular formula is C21H17N3O3. The van der Waals surface area contributed by atoms with Crippen LogP contribution in [-0.2, 0) is 14.4 Å². The Morgan fingerprint density at radius 3 is 2.26 bits per heavy atom. The van der Waals surface area contributed by atoms with Crippen LogP contribution in [0.25, 0.3) is 5.70 Å². The van der Waals surface area contributed by atoms with Crippen molar-refractivity contribution in [3.8, 4) is 6.07 Å². The van der Waals surface area contributed by atoms with Gasteiger partial charge in [-0.3, -0.25) is 4.79 Å². The molecule has 6 heteroatoms. The molecule has 0 spiro atoms. The summed E-state index contributed by atoms with van der Waals surface area (Å²) in [6.07, 6.45) is 1.88. The molecule has 4 rings (SSSR count). The SMILES string of the molecule is CC1C(c2ccccc2)C2NC(c3ccc(C#N)cc3)=CC(=O)N12.O=C=O. The maximum atomic E-state index is 12.5. The second-order valence-electron chi connectivity index (χ2n) is 6.34. The van der Waals surface area contributed by atoms with Gasteiger partial charge in [0.25, 0.3) is 5.91 Å². The van der Waals surface area contributed by atoms with Crippen molar-refractivity contribution in [1.82, 2.24) is 10.2 Å². The van der Waals surface area contributed by atoms with E-state index in [1.54, 1.807) is 18.2 Å². The molecule has 2 heterocycles. The van der Waals surface area contributed by atoms with Crippen LogP contribution in [0.4, 0.5) is 0 Å². The highest BCUT2D eigenvalue weighted by Gasteiger charge is 2.50. The van der Waals surface area contributed by atoms with Gasteiger partial charge in [0.1, 0.15) is 6.17 Å². The van der Waals surface area contributed by atoms with E-state index in [2.05, 4.69) is 30.4 Å². The summed E-state index contributed by atoms with van der Waals surface area (Å²) in [5, 5.41) is 12.4. The summed E-state index contributed by atoms with van der Waals surface area (Å²) >= 11 is 0. The monoisotopic (exact) mass is 359 g/mol. The van der Waals surface area contributed by atoms with Gasteiger partial charge in [0, 0.05) is 23.7 Å². The van der Waals surface area contributed by atoms with Crippen LogP contribution >= 0.6 is 0 Å². The number of rotatable bonds is 2. The molecule has 0 saturated carbocycles. The molecule has 2 aliphatic rings. The van der Waals surface area contributed by atoms with E-state index < -0.39 is 0 Å². The van der Waals surface area contributed by atoms with Gasteiger partial charge in [-0.2, -0.15) is 14.9 Å². The Hall–Kier alpha value is -3.68. The minimum atomic E-state index is -0.0226. The Balaban J connectivity index is 0.000000659. The molecule has 3 atom stereocenters. The quantitative estimate of drug-likeness (QED) is 0.888. The standard InChI is InChI=1S/C20H17N3O.CO2/c1-13-19(16-5-3-2-4-6-16)20-22-17(11-18(24)23(13)20)15-9-7-14(12-21)8-10-15;2-1-3/h2-11,13,19-20,22H,1H3;. The van der Waals surface area contributed by atoms with Crippen LogP contribution in [0.2, 0.25) is 0 Å². The van der Waals surface area contributed by atoms with E-state index in [1.165, 1.54) is 5.56 Å². The highest BCUT2D eigenvalue weighted by Crippen LogP contribution is 2.42. The van der Waals surface area contributed by atoms with Crippen molar-refractivity contribution in [2.45, 2.75) is 25.0 Å². The molecule has 0 aliphatic carbocycles. The third-order valence-electron chi connectivity index (χ3n) is 4.93. The largest absolute Gasteiger partial charge is 0.373 e. The maximum absolute atomic E-state index is 12.5. The minimum absolute atomic E-state index is 0.0226. The maximum Gasteiger partial charge on any atom is 0.373 e. The molecule has 2 aromatic rings. The number of hydrogen-bond acceptors (Lipinski definition) is 5. The summed E-state index contributed by atoms with van der Waals surface area (Å²) in [5.41, 5.74) is 3.60. The van der Waals surface area contributed by atoms with Crippen LogP contribution in [-0.4, -0.2) is 29.2 Å². The van der Waals surface area contributed by atoms with Gasteiger partial charge in [-0.25, -0.2) is 0 Å². The molecule has 0 radical (unpaired) electrons. The number of nitrogens with one attached hydrogen (secondary N) is 1. The lowest BCUT2D eigenvalue weighted by Crippen LogP contribution is -2.69. The molecule has 1 N–H and O–H groups in total. The van der Waals surface area contributed by atoms with Gasteiger partial charge in [0.2, 0.25) is 0 Å². The van der Waals surface area contributed by atoms with Crippen molar-refractivity contribution in [3.05, 3.63) is 77.4 Å². The lowest BCUT2D eigenvalue weighted by atomic mass is 9.78. The normalized spacial score (nSPS) is 22.5. The first kappa shape index (κ1) is 18.1. The second kappa shape index (κ2) is 7.69. The molecule has 134 valence electrons. The number of amides is 1. The average Bonchev–Trinajstić information content (AvgIpc) is 2.68. The van der Waals surface area contributed by atoms with Crippen LogP contribution < -0.4 is 5.32 Å². The Labute approximate surface area is 156 Å². The molecular weight excluding hydrogens is 342 g/mol. The fourth-order valence-corrected chi connectivity index (χ4v) is 3.68. The molecule has 2 aromatic carbocycles. The molecule has 1 saturated heterocycles. The number of nitriles is 1. The number of carbonyl (C=O) groups is 1. The summed E-state index contributed by atoms with van der Waals surface area (Å²) in [6, 6.07) is 19.9. The van der Waals surface area contributed by atoms with Crippen LogP contribution in [0, 0.1) is 11.3 Å². The molecule has 1 fully saturated rings. The van der Waals surface area contributed by atoms with E-state index in [-0.39, 0.29) is 30.2 Å². The lowest BCUT2D eigenvalue weighted by Gasteiger charge is -2.56. The zero-order chi connectivity index (χ0) is 19.4. The number of hydrogen-bond donors (Lipinski definition) is 1. The molecule has 27 heavy (non-hydrogen) atoms. The van der Waals surface area contributed by atoms with Crippen molar-refractivity contribution in [2.75, 3.05) is 0 Å². The zero-order valence-corrected chi connectivity index (χ0v) is 14.6. The predicted molar refractivity (Wildman–Crippen MR) is 96.6 cm³/mol. The second-order valence-corrected chi connectivity index (χ2v) is 6.34. The van der Waals surface area contributed by atoms with Gasteiger partial charge >= 0.3 is 6.15 Å². The van der Waals surface area contributed by atoms with E-state index in [0.29, 0.717) is 5.56 Å². The summed E-state index contributed by atoms with van der Waals surface area (Å²) in [5.74, 6) is 0.315. The van der Waals surface area contributed by atoms with Crippen molar-refractivity contribution in [2.24, 2.45) is 0 Å². The van der Waals surface area contributed by atoms with Gasteiger partial charge < -0.3 is 10.2 Å². The minimum Gasteiger partial charge on any atom is -0.364 e. The number of fused-ring (bicyclic) bond motifs is 1. The van der Waals surface area contributed by atoms with Gasteiger partial charge in [0.15, 0.2) is 0 Å². The van der Waals surface area contributed by atoms with E-state index in [9.17, 15) is 4.79 Å². The van der Waals surface area contributed by atoms with Crippen LogP contribution in [0.5, 0.6) is 0 Å². The van der Waals surface area contributed by atoms with Crippen LogP contribution in [0.1, 0.15) is 29.5 Å². The van der Waals surface area contributed by atoms with Gasteiger partial charge in [-0.05, 0) is 30.2 Å². The summed E-state index contributed by atoms with van der Waals surface area (Å²) < 4.78 is 0. The molecule has 2 aliphatic heterocycles. The fourth-order valence-electron chi connectivity index (χ4n) is 3.68. The highest BCUT2D eigenvalue weighted by molar-refractivity contribution is 5.98. The van der Waals surface area contributed by atoms with Crippen molar-refractivity contribution >= 4 is 17.8 Å². The molecule has 0 aromatic heterocycles. The van der Waals surface area contributed by atoms with E-state index in [4.69, 9.17) is 14.9 Å². The summed E-state index contributed by atoms with van der Waals surface area (Å²) in [6.45, 7) is 2.09. The van der Waals surface area contributed by atoms with Gasteiger partial charge in [0.05, 0.1) is 11.6 Å². The number of carbonyl (C=O) groups excluding carboxylic acids is 3. The van der Waals surface area contributed by atoms with Crippen LogP contribution in [0.15, 0.2) is 60.7 Å². The predicted octanol–water partition coefficient (Wildman–Crippen LogP) is 2.26. The van der Waals surface area contributed by atoms with Crippen LogP contribution in [0.3, 0.4) is 0 Å². The zero-order valence-electron chi connectivity index (χ0n) is 14.6. The van der Waals surface area contributed by atoms with Crippen molar-refractivity contribution in [3.63, 3.8) is 0 Å². The molecule has 1 amide bonds. The fraction of sp³-hybridized carbons (Fsp3) is 0.190. The lowest BCUT2D eigenvalue weighted by molar-refractivity contribution is -0.191. The smallest absolute Gasteiger partial charge is 0.364 e. The molecule has 3 unspecified atom stereocenters. The Kier molecular flexibility index (Phi) is 5.16. The Bertz CT molecular complexity index is 939. The Morgan fingerprint density at radius 2 is 1.67 bits per heavy atom. The Morgan fingerprint density at radius 1 is 1.04 bits per heavy atom. The first-order valence-electron chi connectivity index (χ1n) is 8.46. The molecule has 0 bridgehead atoms. The first-order chi connectivity index (χ1) is 13.1. The number of benzene rings is 2. The van der Waals surface area contributed by atoms with E-state index >= 15 is 0 Å². The van der Waals surface area contributed by atoms with Gasteiger partial charge in [-0.15, -0.1) is 0 Å². The highest BCUT2D eigenvalue weighted by atomic mass is 16.2. The van der Waals surface area contributed by atoms with E-state index in [1.807, 2.05) is 35.2 Å². The summed E-state index contributed by atoms with van der Waals surface area (Å²) in [7, 11) is 0. The first-order valence-corrected chi connectivity index (χ1v) is 8.46. The van der Waals surface area contributed by atoms with E-state index in [0.717, 1.165) is 11.3 Å².